The molecular weight excluding hydrogens is 450 g/mol. The van der Waals surface area contributed by atoms with Gasteiger partial charge >= 0.3 is 5.97 Å². The molecule has 0 atom stereocenters. The normalized spacial score (nSPS) is 13.6. The van der Waals surface area contributed by atoms with E-state index in [9.17, 15) is 14.4 Å². The zero-order valence-electron chi connectivity index (χ0n) is 19.5. The molecule has 4 rings (SSSR count). The second-order valence-corrected chi connectivity index (χ2v) is 9.21. The van der Waals surface area contributed by atoms with Crippen LogP contribution in [-0.2, 0) is 20.9 Å². The van der Waals surface area contributed by atoms with E-state index < -0.39 is 5.97 Å². The van der Waals surface area contributed by atoms with Gasteiger partial charge in [0.1, 0.15) is 6.61 Å². The molecule has 176 valence electrons. The summed E-state index contributed by atoms with van der Waals surface area (Å²) in [4.78, 5) is 44.8. The number of thiazole rings is 1. The first-order valence-electron chi connectivity index (χ1n) is 11.2. The Kier molecular flexibility index (Phi) is 7.07. The van der Waals surface area contributed by atoms with Crippen LogP contribution in [0.3, 0.4) is 0 Å². The predicted molar refractivity (Wildman–Crippen MR) is 133 cm³/mol. The van der Waals surface area contributed by atoms with Crippen LogP contribution in [0.15, 0.2) is 47.8 Å². The summed E-state index contributed by atoms with van der Waals surface area (Å²) in [6.07, 6.45) is 2.46. The zero-order chi connectivity index (χ0) is 24.2. The lowest BCUT2D eigenvalue weighted by Crippen LogP contribution is -2.35. The van der Waals surface area contributed by atoms with Crippen LogP contribution in [0.2, 0.25) is 0 Å². The van der Waals surface area contributed by atoms with Crippen molar-refractivity contribution in [2.24, 2.45) is 0 Å². The van der Waals surface area contributed by atoms with Gasteiger partial charge in [-0.25, -0.2) is 9.78 Å². The van der Waals surface area contributed by atoms with Gasteiger partial charge in [-0.05, 0) is 74.2 Å². The van der Waals surface area contributed by atoms with Gasteiger partial charge in [-0.1, -0.05) is 6.07 Å². The number of ether oxygens (including phenoxy) is 1. The van der Waals surface area contributed by atoms with Gasteiger partial charge in [-0.2, -0.15) is 0 Å². The van der Waals surface area contributed by atoms with Crippen LogP contribution in [0.1, 0.15) is 53.4 Å². The molecule has 3 aromatic rings. The Morgan fingerprint density at radius 2 is 1.85 bits per heavy atom. The van der Waals surface area contributed by atoms with Gasteiger partial charge in [0.2, 0.25) is 11.8 Å². The summed E-state index contributed by atoms with van der Waals surface area (Å²) in [7, 11) is 0. The molecule has 1 aliphatic rings. The number of nitrogens with zero attached hydrogens (tertiary/aromatic N) is 3. The number of hydrogen-bond acceptors (Lipinski definition) is 6. The maximum atomic E-state index is 12.5. The van der Waals surface area contributed by atoms with Crippen LogP contribution in [-0.4, -0.2) is 29.3 Å². The number of carbonyl (C=O) groups excluding carboxylic acids is 3. The molecule has 34 heavy (non-hydrogen) atoms. The largest absolute Gasteiger partial charge is 0.456 e. The minimum atomic E-state index is -0.469. The third-order valence-electron chi connectivity index (χ3n) is 5.88. The second-order valence-electron chi connectivity index (χ2n) is 8.37. The summed E-state index contributed by atoms with van der Waals surface area (Å²) in [5.74, 6) is -0.501. The van der Waals surface area contributed by atoms with Crippen molar-refractivity contribution >= 4 is 45.6 Å². The maximum absolute atomic E-state index is 12.5. The van der Waals surface area contributed by atoms with Crippen molar-refractivity contribution in [3.8, 4) is 0 Å². The second kappa shape index (κ2) is 10.2. The molecule has 1 aliphatic heterocycles. The average molecular weight is 478 g/mol. The lowest BCUT2D eigenvalue weighted by atomic mass is 10.1. The molecule has 0 N–H and O–H groups in total. The fraction of sp³-hybridized carbons (Fsp3) is 0.308. The van der Waals surface area contributed by atoms with E-state index in [0.717, 1.165) is 35.3 Å². The number of carbonyl (C=O) groups is 3. The molecule has 1 saturated heterocycles. The molecule has 7 nitrogen and oxygen atoms in total. The number of aryl methyl sites for hydroxylation is 2. The molecule has 0 radical (unpaired) electrons. The van der Waals surface area contributed by atoms with Crippen LogP contribution in [0.4, 0.5) is 16.5 Å². The number of anilines is 3. The number of esters is 1. The topological polar surface area (TPSA) is 79.8 Å². The van der Waals surface area contributed by atoms with Crippen LogP contribution in [0.5, 0.6) is 0 Å². The van der Waals surface area contributed by atoms with Gasteiger partial charge in [-0.3, -0.25) is 14.5 Å². The zero-order valence-corrected chi connectivity index (χ0v) is 20.4. The van der Waals surface area contributed by atoms with Crippen LogP contribution in [0, 0.1) is 13.8 Å². The number of hydrogen-bond donors (Lipinski definition) is 0. The first-order valence-corrected chi connectivity index (χ1v) is 12.1. The highest BCUT2D eigenvalue weighted by molar-refractivity contribution is 7.14. The van der Waals surface area contributed by atoms with Crippen LogP contribution in [0.25, 0.3) is 0 Å². The molecule has 1 fully saturated rings. The van der Waals surface area contributed by atoms with Gasteiger partial charge in [0.05, 0.1) is 16.9 Å². The third-order valence-corrected chi connectivity index (χ3v) is 6.76. The highest BCUT2D eigenvalue weighted by Crippen LogP contribution is 2.30. The van der Waals surface area contributed by atoms with Crippen molar-refractivity contribution in [1.82, 2.24) is 4.98 Å². The Balaban J connectivity index is 1.41. The van der Waals surface area contributed by atoms with Crippen molar-refractivity contribution < 1.29 is 19.1 Å². The fourth-order valence-electron chi connectivity index (χ4n) is 3.84. The smallest absolute Gasteiger partial charge is 0.338 e. The van der Waals surface area contributed by atoms with Gasteiger partial charge < -0.3 is 9.64 Å². The van der Waals surface area contributed by atoms with Crippen LogP contribution < -0.4 is 9.80 Å². The van der Waals surface area contributed by atoms with E-state index in [4.69, 9.17) is 4.74 Å². The number of amides is 2. The Morgan fingerprint density at radius 3 is 2.53 bits per heavy atom. The summed E-state index contributed by atoms with van der Waals surface area (Å²) in [5.41, 5.74) is 4.75. The summed E-state index contributed by atoms with van der Waals surface area (Å²) in [5, 5.41) is 2.31. The molecule has 2 heterocycles. The lowest BCUT2D eigenvalue weighted by Gasteiger charge is -2.26. The molecule has 0 unspecified atom stereocenters. The average Bonchev–Trinajstić information content (AvgIpc) is 3.28. The van der Waals surface area contributed by atoms with Gasteiger partial charge in [-0.15, -0.1) is 11.3 Å². The van der Waals surface area contributed by atoms with Crippen LogP contribution >= 0.6 is 11.3 Å². The van der Waals surface area contributed by atoms with E-state index >= 15 is 0 Å². The van der Waals surface area contributed by atoms with E-state index in [0.29, 0.717) is 29.4 Å². The van der Waals surface area contributed by atoms with Crippen molar-refractivity contribution in [3.05, 3.63) is 70.2 Å². The van der Waals surface area contributed by atoms with E-state index in [2.05, 4.69) is 4.98 Å². The van der Waals surface area contributed by atoms with Crippen molar-refractivity contribution in [3.63, 3.8) is 0 Å². The Morgan fingerprint density at radius 1 is 1.09 bits per heavy atom. The van der Waals surface area contributed by atoms with E-state index in [1.807, 2.05) is 32.0 Å². The Bertz CT molecular complexity index is 1220. The molecule has 2 amide bonds. The van der Waals surface area contributed by atoms with Crippen molar-refractivity contribution in [1.29, 1.82) is 0 Å². The minimum Gasteiger partial charge on any atom is -0.456 e. The quantitative estimate of drug-likeness (QED) is 0.449. The number of benzene rings is 2. The first kappa shape index (κ1) is 23.6. The Hall–Kier alpha value is -3.52. The SMILES string of the molecule is CC(=O)N(c1ccc(C)c(C)c1)c1nc(COC(=O)c2ccc(N3CCCCC3=O)cc2)cs1. The summed E-state index contributed by atoms with van der Waals surface area (Å²) >= 11 is 1.32. The molecule has 0 saturated carbocycles. The molecule has 2 aromatic carbocycles. The maximum Gasteiger partial charge on any atom is 0.338 e. The summed E-state index contributed by atoms with van der Waals surface area (Å²) in [6.45, 7) is 6.22. The molecule has 0 bridgehead atoms. The minimum absolute atomic E-state index is 0.000363. The number of piperidine rings is 1. The first-order chi connectivity index (χ1) is 16.3. The van der Waals surface area contributed by atoms with Crippen molar-refractivity contribution in [2.45, 2.75) is 46.6 Å². The van der Waals surface area contributed by atoms with Gasteiger partial charge in [0.15, 0.2) is 5.13 Å². The monoisotopic (exact) mass is 477 g/mol. The molecular formula is C26H27N3O4S. The number of aromatic nitrogens is 1. The molecule has 8 heteroatoms. The molecule has 1 aromatic heterocycles. The van der Waals surface area contributed by atoms with Gasteiger partial charge in [0, 0.05) is 31.0 Å². The van der Waals surface area contributed by atoms with Gasteiger partial charge in [0.25, 0.3) is 0 Å². The third kappa shape index (κ3) is 5.17. The van der Waals surface area contributed by atoms with E-state index in [-0.39, 0.29) is 18.4 Å². The van der Waals surface area contributed by atoms with E-state index in [1.165, 1.54) is 18.3 Å². The highest BCUT2D eigenvalue weighted by Gasteiger charge is 2.21. The highest BCUT2D eigenvalue weighted by atomic mass is 32.1. The molecule has 0 aliphatic carbocycles. The predicted octanol–water partition coefficient (Wildman–Crippen LogP) is 5.32. The summed E-state index contributed by atoms with van der Waals surface area (Å²) < 4.78 is 5.44. The number of rotatable bonds is 6. The standard InChI is InChI=1S/C26H27N3O4S/c1-17-7-10-23(14-18(17)2)29(19(3)30)26-27-21(16-34-26)15-33-25(32)20-8-11-22(12-9-20)28-13-5-4-6-24(28)31/h7-12,14,16H,4-6,13,15H2,1-3H3. The summed E-state index contributed by atoms with van der Waals surface area (Å²) in [6, 6.07) is 12.7. The molecule has 0 spiro atoms. The van der Waals surface area contributed by atoms with E-state index in [1.54, 1.807) is 39.4 Å². The lowest BCUT2D eigenvalue weighted by molar-refractivity contribution is -0.119. The Labute approximate surface area is 203 Å². The van der Waals surface area contributed by atoms with Crippen molar-refractivity contribution in [2.75, 3.05) is 16.3 Å². The fourth-order valence-corrected chi connectivity index (χ4v) is 4.71.